The topological polar surface area (TPSA) is 96.9 Å². The SMILES string of the molecule is C=CCc1cc(C2NC(=O)NC(C)=C2C(=O)OCc2ccccc2)cc(OC)c1O. The van der Waals surface area contributed by atoms with E-state index in [0.29, 0.717) is 23.2 Å². The van der Waals surface area contributed by atoms with Crippen molar-refractivity contribution in [2.75, 3.05) is 7.11 Å². The van der Waals surface area contributed by atoms with Crippen molar-refractivity contribution < 1.29 is 24.2 Å². The molecule has 0 radical (unpaired) electrons. The number of allylic oxidation sites excluding steroid dienone is 2. The predicted molar refractivity (Wildman–Crippen MR) is 112 cm³/mol. The number of nitrogens with one attached hydrogen (secondary N) is 2. The van der Waals surface area contributed by atoms with Crippen LogP contribution in [0.4, 0.5) is 4.79 Å². The van der Waals surface area contributed by atoms with Gasteiger partial charge in [-0.2, -0.15) is 0 Å². The summed E-state index contributed by atoms with van der Waals surface area (Å²) in [6.45, 7) is 5.45. The Labute approximate surface area is 175 Å². The van der Waals surface area contributed by atoms with Gasteiger partial charge in [0, 0.05) is 11.3 Å². The molecule has 0 saturated heterocycles. The number of urea groups is 1. The molecular weight excluding hydrogens is 384 g/mol. The molecule has 1 aliphatic rings. The number of methoxy groups -OCH3 is 1. The second-order valence-electron chi connectivity index (χ2n) is 6.86. The van der Waals surface area contributed by atoms with Gasteiger partial charge >= 0.3 is 12.0 Å². The highest BCUT2D eigenvalue weighted by Crippen LogP contribution is 2.37. The molecule has 7 nitrogen and oxygen atoms in total. The lowest BCUT2D eigenvalue weighted by atomic mass is 9.93. The number of phenols is 1. The largest absolute Gasteiger partial charge is 0.504 e. The standard InChI is InChI=1S/C23H24N2O5/c1-4-8-16-11-17(12-18(29-3)21(16)26)20-19(14(2)24-23(28)25-20)22(27)30-13-15-9-6-5-7-10-15/h4-7,9-12,20,26H,1,8,13H2,2-3H3,(H2,24,25,28). The van der Waals surface area contributed by atoms with E-state index in [-0.39, 0.29) is 23.7 Å². The molecule has 2 aromatic rings. The molecule has 0 fully saturated rings. The van der Waals surface area contributed by atoms with E-state index < -0.39 is 18.0 Å². The summed E-state index contributed by atoms with van der Waals surface area (Å²) >= 11 is 0. The number of hydrogen-bond acceptors (Lipinski definition) is 5. The molecule has 0 aromatic heterocycles. The smallest absolute Gasteiger partial charge is 0.338 e. The Kier molecular flexibility index (Phi) is 6.41. The van der Waals surface area contributed by atoms with E-state index in [4.69, 9.17) is 9.47 Å². The van der Waals surface area contributed by atoms with E-state index in [1.807, 2.05) is 30.3 Å². The number of phenolic OH excluding ortho intramolecular Hbond substituents is 1. The van der Waals surface area contributed by atoms with Gasteiger partial charge in [-0.1, -0.05) is 36.4 Å². The summed E-state index contributed by atoms with van der Waals surface area (Å²) in [5, 5.41) is 15.7. The highest BCUT2D eigenvalue weighted by Gasteiger charge is 2.33. The van der Waals surface area contributed by atoms with Crippen LogP contribution < -0.4 is 15.4 Å². The van der Waals surface area contributed by atoms with Crippen LogP contribution in [0.5, 0.6) is 11.5 Å². The van der Waals surface area contributed by atoms with E-state index in [9.17, 15) is 14.7 Å². The maximum absolute atomic E-state index is 12.9. The zero-order valence-electron chi connectivity index (χ0n) is 16.9. The number of carbonyl (C=O) groups is 2. The number of hydrogen-bond donors (Lipinski definition) is 3. The van der Waals surface area contributed by atoms with Gasteiger partial charge in [0.2, 0.25) is 0 Å². The van der Waals surface area contributed by atoms with Crippen molar-refractivity contribution in [2.24, 2.45) is 0 Å². The second-order valence-corrected chi connectivity index (χ2v) is 6.86. The van der Waals surface area contributed by atoms with Crippen LogP contribution in [-0.4, -0.2) is 24.2 Å². The number of rotatable bonds is 7. The van der Waals surface area contributed by atoms with Crippen molar-refractivity contribution in [3.8, 4) is 11.5 Å². The maximum atomic E-state index is 12.9. The van der Waals surface area contributed by atoms with E-state index >= 15 is 0 Å². The molecule has 1 unspecified atom stereocenters. The van der Waals surface area contributed by atoms with Gasteiger partial charge in [0.25, 0.3) is 0 Å². The predicted octanol–water partition coefficient (Wildman–Crippen LogP) is 3.50. The van der Waals surface area contributed by atoms with Gasteiger partial charge in [0.05, 0.1) is 18.7 Å². The Hall–Kier alpha value is -3.74. The molecule has 30 heavy (non-hydrogen) atoms. The molecule has 0 saturated carbocycles. The van der Waals surface area contributed by atoms with Crippen LogP contribution >= 0.6 is 0 Å². The number of amides is 2. The Balaban J connectivity index is 1.96. The minimum Gasteiger partial charge on any atom is -0.504 e. The Bertz CT molecular complexity index is 998. The summed E-state index contributed by atoms with van der Waals surface area (Å²) in [6.07, 6.45) is 2.04. The van der Waals surface area contributed by atoms with Crippen molar-refractivity contribution >= 4 is 12.0 Å². The van der Waals surface area contributed by atoms with Gasteiger partial charge in [0.15, 0.2) is 11.5 Å². The van der Waals surface area contributed by atoms with Crippen LogP contribution in [0.15, 0.2) is 66.4 Å². The van der Waals surface area contributed by atoms with E-state index in [1.165, 1.54) is 7.11 Å². The Morgan fingerprint density at radius 2 is 2.00 bits per heavy atom. The zero-order valence-corrected chi connectivity index (χ0v) is 16.9. The molecule has 1 atom stereocenters. The lowest BCUT2D eigenvalue weighted by Gasteiger charge is -2.29. The number of aromatic hydroxyl groups is 1. The zero-order chi connectivity index (χ0) is 21.7. The van der Waals surface area contributed by atoms with Crippen molar-refractivity contribution in [1.82, 2.24) is 10.6 Å². The Morgan fingerprint density at radius 3 is 2.67 bits per heavy atom. The fraction of sp³-hybridized carbons (Fsp3) is 0.217. The molecule has 156 valence electrons. The van der Waals surface area contributed by atoms with Gasteiger partial charge < -0.3 is 25.2 Å². The van der Waals surface area contributed by atoms with Gasteiger partial charge in [-0.3, -0.25) is 0 Å². The number of esters is 1. The summed E-state index contributed by atoms with van der Waals surface area (Å²) in [5.74, 6) is -0.312. The third kappa shape index (κ3) is 4.46. The van der Waals surface area contributed by atoms with Crippen molar-refractivity contribution in [2.45, 2.75) is 26.0 Å². The first kappa shape index (κ1) is 21.0. The monoisotopic (exact) mass is 408 g/mol. The molecule has 3 rings (SSSR count). The molecule has 2 amide bonds. The van der Waals surface area contributed by atoms with Crippen LogP contribution in [0.1, 0.15) is 29.7 Å². The van der Waals surface area contributed by atoms with Crippen molar-refractivity contribution in [3.63, 3.8) is 0 Å². The third-order valence-electron chi connectivity index (χ3n) is 4.80. The lowest BCUT2D eigenvalue weighted by Crippen LogP contribution is -2.45. The van der Waals surface area contributed by atoms with Crippen molar-refractivity contribution in [1.29, 1.82) is 0 Å². The van der Waals surface area contributed by atoms with E-state index in [2.05, 4.69) is 17.2 Å². The summed E-state index contributed by atoms with van der Waals surface area (Å²) in [4.78, 5) is 25.1. The molecule has 0 spiro atoms. The Morgan fingerprint density at radius 1 is 1.27 bits per heavy atom. The van der Waals surface area contributed by atoms with Gasteiger partial charge in [-0.15, -0.1) is 6.58 Å². The molecule has 0 bridgehead atoms. The van der Waals surface area contributed by atoms with Crippen LogP contribution in [0, 0.1) is 0 Å². The summed E-state index contributed by atoms with van der Waals surface area (Å²) in [7, 11) is 1.44. The van der Waals surface area contributed by atoms with E-state index in [0.717, 1.165) is 5.56 Å². The summed E-state index contributed by atoms with van der Waals surface area (Å²) in [6, 6.07) is 11.4. The first-order valence-electron chi connectivity index (χ1n) is 9.44. The van der Waals surface area contributed by atoms with Crippen LogP contribution in [0.25, 0.3) is 0 Å². The molecular formula is C23H24N2O5. The molecule has 7 heteroatoms. The van der Waals surface area contributed by atoms with E-state index in [1.54, 1.807) is 25.1 Å². The van der Waals surface area contributed by atoms with Gasteiger partial charge in [-0.25, -0.2) is 9.59 Å². The number of carbonyl (C=O) groups excluding carboxylic acids is 2. The molecule has 1 heterocycles. The average molecular weight is 408 g/mol. The molecule has 2 aromatic carbocycles. The quantitative estimate of drug-likeness (QED) is 0.481. The van der Waals surface area contributed by atoms with Crippen LogP contribution in [-0.2, 0) is 22.6 Å². The highest BCUT2D eigenvalue weighted by molar-refractivity contribution is 5.95. The maximum Gasteiger partial charge on any atom is 0.338 e. The average Bonchev–Trinajstić information content (AvgIpc) is 2.74. The molecule has 3 N–H and O–H groups in total. The fourth-order valence-corrected chi connectivity index (χ4v) is 3.34. The number of ether oxygens (including phenoxy) is 2. The molecule has 1 aliphatic heterocycles. The second kappa shape index (κ2) is 9.17. The van der Waals surface area contributed by atoms with Crippen LogP contribution in [0.2, 0.25) is 0 Å². The number of benzene rings is 2. The fourth-order valence-electron chi connectivity index (χ4n) is 3.34. The van der Waals surface area contributed by atoms with Crippen molar-refractivity contribution in [3.05, 3.63) is 83.1 Å². The first-order chi connectivity index (χ1) is 14.4. The highest BCUT2D eigenvalue weighted by atomic mass is 16.5. The summed E-state index contributed by atoms with van der Waals surface area (Å²) < 4.78 is 10.8. The first-order valence-corrected chi connectivity index (χ1v) is 9.44. The lowest BCUT2D eigenvalue weighted by molar-refractivity contribution is -0.140. The normalized spacial score (nSPS) is 15.8. The van der Waals surface area contributed by atoms with Crippen LogP contribution in [0.3, 0.4) is 0 Å². The minimum absolute atomic E-state index is 0.00434. The minimum atomic E-state index is -0.764. The van der Waals surface area contributed by atoms with Gasteiger partial charge in [-0.05, 0) is 36.6 Å². The summed E-state index contributed by atoms with van der Waals surface area (Å²) in [5.41, 5.74) is 2.69. The van der Waals surface area contributed by atoms with Gasteiger partial charge in [0.1, 0.15) is 6.61 Å². The molecule has 0 aliphatic carbocycles. The third-order valence-corrected chi connectivity index (χ3v) is 4.80.